The smallest absolute Gasteiger partial charge is 0.295 e. The highest BCUT2D eigenvalue weighted by molar-refractivity contribution is 6.35. The van der Waals surface area contributed by atoms with Crippen LogP contribution in [0.25, 0.3) is 0 Å². The van der Waals surface area contributed by atoms with E-state index in [0.29, 0.717) is 28.0 Å². The highest BCUT2D eigenvalue weighted by Crippen LogP contribution is 2.22. The van der Waals surface area contributed by atoms with Crippen LogP contribution in [0.5, 0.6) is 0 Å². The second-order valence-corrected chi connectivity index (χ2v) is 4.44. The lowest BCUT2D eigenvalue weighted by molar-refractivity contribution is 0.101. The zero-order valence-corrected chi connectivity index (χ0v) is 11.0. The van der Waals surface area contributed by atoms with Gasteiger partial charge < -0.3 is 5.32 Å². The monoisotopic (exact) mass is 284 g/mol. The van der Waals surface area contributed by atoms with Crippen LogP contribution in [0.15, 0.2) is 18.2 Å². The number of anilines is 1. The van der Waals surface area contributed by atoms with E-state index in [-0.39, 0.29) is 5.82 Å². The van der Waals surface area contributed by atoms with Crippen molar-refractivity contribution < 1.29 is 4.79 Å². The van der Waals surface area contributed by atoms with Crippen molar-refractivity contribution in [3.8, 4) is 0 Å². The third kappa shape index (κ3) is 3.00. The fourth-order valence-corrected chi connectivity index (χ4v) is 1.89. The first-order valence-electron chi connectivity index (χ1n) is 5.27. The predicted octanol–water partition coefficient (Wildman–Crippen LogP) is 2.93. The molecule has 2 aromatic rings. The number of H-pyrrole nitrogens is 1. The van der Waals surface area contributed by atoms with Crippen molar-refractivity contribution in [3.05, 3.63) is 39.9 Å². The first kappa shape index (κ1) is 12.9. The van der Waals surface area contributed by atoms with Crippen LogP contribution in [0.3, 0.4) is 0 Å². The average Bonchev–Trinajstić information content (AvgIpc) is 2.75. The molecule has 0 aliphatic rings. The van der Waals surface area contributed by atoms with Crippen molar-refractivity contribution in [2.75, 3.05) is 5.32 Å². The number of amides is 1. The molecule has 0 saturated heterocycles. The summed E-state index contributed by atoms with van der Waals surface area (Å²) in [6, 6.07) is 4.78. The minimum Gasteiger partial charge on any atom is -0.319 e. The van der Waals surface area contributed by atoms with Crippen LogP contribution in [0.1, 0.15) is 23.4 Å². The van der Waals surface area contributed by atoms with Gasteiger partial charge in [-0.3, -0.25) is 9.89 Å². The Balaban J connectivity index is 2.15. The van der Waals surface area contributed by atoms with E-state index in [1.54, 1.807) is 18.2 Å². The Morgan fingerprint density at radius 1 is 1.33 bits per heavy atom. The van der Waals surface area contributed by atoms with E-state index < -0.39 is 5.91 Å². The van der Waals surface area contributed by atoms with Crippen molar-refractivity contribution in [1.82, 2.24) is 15.2 Å². The molecule has 1 heterocycles. The summed E-state index contributed by atoms with van der Waals surface area (Å²) in [7, 11) is 0. The van der Waals surface area contributed by atoms with Gasteiger partial charge in [0.25, 0.3) is 5.91 Å². The minimum absolute atomic E-state index is 0.0861. The number of carbonyl (C=O) groups is 1. The summed E-state index contributed by atoms with van der Waals surface area (Å²) in [5, 5.41) is 10.0. The van der Waals surface area contributed by atoms with Gasteiger partial charge in [0.2, 0.25) is 5.82 Å². The van der Waals surface area contributed by atoms with Crippen molar-refractivity contribution in [2.24, 2.45) is 0 Å². The van der Waals surface area contributed by atoms with Gasteiger partial charge in [0.15, 0.2) is 0 Å². The molecule has 0 atom stereocenters. The largest absolute Gasteiger partial charge is 0.319 e. The Kier molecular flexibility index (Phi) is 3.84. The summed E-state index contributed by atoms with van der Waals surface area (Å²) in [5.74, 6) is 0.330. The van der Waals surface area contributed by atoms with Gasteiger partial charge in [0, 0.05) is 22.2 Å². The number of rotatable bonds is 3. The molecular formula is C11H10Cl2N4O. The molecule has 1 amide bonds. The molecule has 1 aromatic carbocycles. The molecule has 0 saturated carbocycles. The molecule has 18 heavy (non-hydrogen) atoms. The van der Waals surface area contributed by atoms with Gasteiger partial charge in [0.05, 0.1) is 0 Å². The Hall–Kier alpha value is -1.59. The molecule has 94 valence electrons. The molecule has 2 rings (SSSR count). The zero-order valence-electron chi connectivity index (χ0n) is 9.50. The normalized spacial score (nSPS) is 10.4. The predicted molar refractivity (Wildman–Crippen MR) is 70.2 cm³/mol. The molecule has 0 bridgehead atoms. The summed E-state index contributed by atoms with van der Waals surface area (Å²) in [5.41, 5.74) is 0.500. The van der Waals surface area contributed by atoms with E-state index >= 15 is 0 Å². The SMILES string of the molecule is CCc1nc(C(=O)Nc2cc(Cl)cc(Cl)c2)n[nH]1. The van der Waals surface area contributed by atoms with E-state index in [2.05, 4.69) is 20.5 Å². The number of carbonyl (C=O) groups excluding carboxylic acids is 1. The van der Waals surface area contributed by atoms with Crippen LogP contribution in [0, 0.1) is 0 Å². The Labute approximate surface area is 114 Å². The van der Waals surface area contributed by atoms with E-state index in [1.807, 2.05) is 6.92 Å². The Bertz CT molecular complexity index is 562. The van der Waals surface area contributed by atoms with Gasteiger partial charge in [-0.15, -0.1) is 5.10 Å². The summed E-state index contributed by atoms with van der Waals surface area (Å²) < 4.78 is 0. The van der Waals surface area contributed by atoms with Crippen LogP contribution in [0.2, 0.25) is 10.0 Å². The van der Waals surface area contributed by atoms with Gasteiger partial charge >= 0.3 is 0 Å². The molecule has 0 aliphatic carbocycles. The third-order valence-electron chi connectivity index (χ3n) is 2.19. The maximum Gasteiger partial charge on any atom is 0.295 e. The van der Waals surface area contributed by atoms with E-state index in [1.165, 1.54) is 0 Å². The van der Waals surface area contributed by atoms with Gasteiger partial charge in [-0.25, -0.2) is 4.98 Å². The van der Waals surface area contributed by atoms with Gasteiger partial charge in [0.1, 0.15) is 5.82 Å². The van der Waals surface area contributed by atoms with E-state index in [0.717, 1.165) is 0 Å². The lowest BCUT2D eigenvalue weighted by Gasteiger charge is -2.03. The maximum atomic E-state index is 11.8. The number of aromatic nitrogens is 3. The van der Waals surface area contributed by atoms with Gasteiger partial charge in [-0.1, -0.05) is 30.1 Å². The zero-order chi connectivity index (χ0) is 13.1. The lowest BCUT2D eigenvalue weighted by Crippen LogP contribution is -2.13. The highest BCUT2D eigenvalue weighted by Gasteiger charge is 2.12. The molecule has 0 unspecified atom stereocenters. The van der Waals surface area contributed by atoms with Gasteiger partial charge in [-0.05, 0) is 18.2 Å². The standard InChI is InChI=1S/C11H10Cl2N4O/c1-2-9-15-10(17-16-9)11(18)14-8-4-6(12)3-7(13)5-8/h3-5H,2H2,1H3,(H,14,18)(H,15,16,17). The number of aromatic amines is 1. The van der Waals surface area contributed by atoms with Crippen molar-refractivity contribution in [1.29, 1.82) is 0 Å². The van der Waals surface area contributed by atoms with E-state index in [9.17, 15) is 4.79 Å². The van der Waals surface area contributed by atoms with E-state index in [4.69, 9.17) is 23.2 Å². The molecule has 1 aromatic heterocycles. The first-order chi connectivity index (χ1) is 8.58. The Morgan fingerprint density at radius 3 is 2.56 bits per heavy atom. The summed E-state index contributed by atoms with van der Waals surface area (Å²) in [6.07, 6.45) is 0.684. The second kappa shape index (κ2) is 5.37. The number of aryl methyl sites for hydroxylation is 1. The van der Waals surface area contributed by atoms with Crippen LogP contribution in [-0.2, 0) is 6.42 Å². The molecule has 0 radical (unpaired) electrons. The quantitative estimate of drug-likeness (QED) is 0.910. The fraction of sp³-hybridized carbons (Fsp3) is 0.182. The van der Waals surface area contributed by atoms with Crippen LogP contribution >= 0.6 is 23.2 Å². The molecule has 0 aliphatic heterocycles. The first-order valence-corrected chi connectivity index (χ1v) is 6.03. The van der Waals surface area contributed by atoms with Crippen LogP contribution < -0.4 is 5.32 Å². The number of hydrogen-bond acceptors (Lipinski definition) is 3. The summed E-state index contributed by atoms with van der Waals surface area (Å²) >= 11 is 11.7. The van der Waals surface area contributed by atoms with Crippen molar-refractivity contribution >= 4 is 34.8 Å². The summed E-state index contributed by atoms with van der Waals surface area (Å²) in [6.45, 7) is 1.92. The van der Waals surface area contributed by atoms with Crippen LogP contribution in [-0.4, -0.2) is 21.1 Å². The topological polar surface area (TPSA) is 70.7 Å². The number of halogens is 2. The molecule has 7 heteroatoms. The number of nitrogens with zero attached hydrogens (tertiary/aromatic N) is 2. The maximum absolute atomic E-state index is 11.8. The Morgan fingerprint density at radius 2 is 2.00 bits per heavy atom. The third-order valence-corrected chi connectivity index (χ3v) is 2.63. The fourth-order valence-electron chi connectivity index (χ4n) is 1.37. The van der Waals surface area contributed by atoms with Crippen molar-refractivity contribution in [2.45, 2.75) is 13.3 Å². The number of benzene rings is 1. The minimum atomic E-state index is -0.413. The van der Waals surface area contributed by atoms with Crippen LogP contribution in [0.4, 0.5) is 5.69 Å². The van der Waals surface area contributed by atoms with Crippen molar-refractivity contribution in [3.63, 3.8) is 0 Å². The molecule has 2 N–H and O–H groups in total. The molecule has 0 spiro atoms. The summed E-state index contributed by atoms with van der Waals surface area (Å²) in [4.78, 5) is 15.8. The lowest BCUT2D eigenvalue weighted by atomic mass is 10.3. The number of nitrogens with one attached hydrogen (secondary N) is 2. The molecule has 0 fully saturated rings. The van der Waals surface area contributed by atoms with Gasteiger partial charge in [-0.2, -0.15) is 0 Å². The number of hydrogen-bond donors (Lipinski definition) is 2. The molecule has 5 nitrogen and oxygen atoms in total. The highest BCUT2D eigenvalue weighted by atomic mass is 35.5. The second-order valence-electron chi connectivity index (χ2n) is 3.57. The average molecular weight is 285 g/mol. The molecular weight excluding hydrogens is 275 g/mol.